The Bertz CT molecular complexity index is 1780. The Morgan fingerprint density at radius 1 is 0.824 bits per heavy atom. The summed E-state index contributed by atoms with van der Waals surface area (Å²) in [5, 5.41) is 15.4. The summed E-state index contributed by atoms with van der Waals surface area (Å²) >= 11 is 1.83. The van der Waals surface area contributed by atoms with Crippen LogP contribution in [-0.2, 0) is 7.05 Å². The summed E-state index contributed by atoms with van der Waals surface area (Å²) in [7, 11) is 2.07. The Balaban J connectivity index is 0.000000318. The number of hydrogen-bond acceptors (Lipinski definition) is 2. The number of rotatable bonds is 1. The van der Waals surface area contributed by atoms with Crippen molar-refractivity contribution in [3.8, 4) is 0 Å². The number of benzene rings is 4. The number of aryl methyl sites for hydroxylation is 1. The van der Waals surface area contributed by atoms with Gasteiger partial charge in [0.15, 0.2) is 0 Å². The molecule has 7 rings (SSSR count). The standard InChI is InChI=1S/C24H17N3S.C6H8/c1-27-19-12-21-16(15-8-4-5-9-20(15)28-21)11-17(19)22-14-7-3-2-6-13(14)10-18(23(22)27)24(25)26;1-2-4-6-5-3-1/h2-12H,1H3,(H3,25,26);1-4H,5-6H2. The molecule has 0 spiro atoms. The lowest BCUT2D eigenvalue weighted by Gasteiger charge is -2.08. The fraction of sp³-hybridized carbons (Fsp3) is 0.100. The maximum atomic E-state index is 8.15. The van der Waals surface area contributed by atoms with Crippen molar-refractivity contribution in [3.63, 3.8) is 0 Å². The quantitative estimate of drug-likeness (QED) is 0.190. The highest BCUT2D eigenvalue weighted by molar-refractivity contribution is 7.25. The highest BCUT2D eigenvalue weighted by Gasteiger charge is 2.18. The van der Waals surface area contributed by atoms with Crippen molar-refractivity contribution in [3.05, 3.63) is 96.6 Å². The molecule has 0 saturated carbocycles. The van der Waals surface area contributed by atoms with E-state index in [1.165, 1.54) is 54.7 Å². The highest BCUT2D eigenvalue weighted by Crippen LogP contribution is 2.41. The smallest absolute Gasteiger partial charge is 0.124 e. The summed E-state index contributed by atoms with van der Waals surface area (Å²) < 4.78 is 4.79. The molecule has 3 nitrogen and oxygen atoms in total. The molecule has 0 aliphatic heterocycles. The Labute approximate surface area is 201 Å². The van der Waals surface area contributed by atoms with E-state index >= 15 is 0 Å². The normalized spacial score (nSPS) is 13.2. The number of allylic oxidation sites excluding steroid dienone is 4. The van der Waals surface area contributed by atoms with Crippen molar-refractivity contribution in [1.29, 1.82) is 5.41 Å². The average molecular weight is 460 g/mol. The van der Waals surface area contributed by atoms with E-state index in [0.717, 1.165) is 16.5 Å². The van der Waals surface area contributed by atoms with Gasteiger partial charge in [0.2, 0.25) is 0 Å². The SMILES string of the molecule is C1=CCCC=C1.Cn1c2cc3sc4ccccc4c3cc2c2c3ccccc3cc(C(=N)N)c21. The summed E-state index contributed by atoms with van der Waals surface area (Å²) in [6, 6.07) is 23.6. The molecule has 0 unspecified atom stereocenters. The van der Waals surface area contributed by atoms with Crippen LogP contribution in [0.2, 0.25) is 0 Å². The molecule has 0 fully saturated rings. The van der Waals surface area contributed by atoms with Gasteiger partial charge in [-0.1, -0.05) is 66.8 Å². The number of hydrogen-bond donors (Lipinski definition) is 2. The van der Waals surface area contributed by atoms with Gasteiger partial charge in [0.1, 0.15) is 5.84 Å². The first kappa shape index (κ1) is 20.7. The van der Waals surface area contributed by atoms with Gasteiger partial charge in [-0.3, -0.25) is 5.41 Å². The van der Waals surface area contributed by atoms with Gasteiger partial charge in [-0.15, -0.1) is 11.3 Å². The number of nitrogen functional groups attached to an aromatic ring is 1. The zero-order valence-electron chi connectivity index (χ0n) is 19.0. The van der Waals surface area contributed by atoms with Crippen LogP contribution in [0.5, 0.6) is 0 Å². The monoisotopic (exact) mass is 459 g/mol. The molecular weight excluding hydrogens is 434 g/mol. The summed E-state index contributed by atoms with van der Waals surface area (Å²) in [6.07, 6.45) is 11.0. The van der Waals surface area contributed by atoms with E-state index in [0.29, 0.717) is 0 Å². The van der Waals surface area contributed by atoms with Crippen LogP contribution >= 0.6 is 11.3 Å². The molecule has 2 aromatic heterocycles. The molecular formula is C30H25N3S. The lowest BCUT2D eigenvalue weighted by molar-refractivity contribution is 1.01. The minimum absolute atomic E-state index is 0.105. The van der Waals surface area contributed by atoms with Gasteiger partial charge in [-0.25, -0.2) is 0 Å². The second-order valence-corrected chi connectivity index (χ2v) is 9.82. The van der Waals surface area contributed by atoms with E-state index in [-0.39, 0.29) is 5.84 Å². The van der Waals surface area contributed by atoms with Crippen molar-refractivity contribution in [2.75, 3.05) is 0 Å². The fourth-order valence-corrected chi connectivity index (χ4v) is 6.18. The molecule has 3 N–H and O–H groups in total. The van der Waals surface area contributed by atoms with Crippen LogP contribution in [0, 0.1) is 5.41 Å². The molecule has 4 aromatic carbocycles. The van der Waals surface area contributed by atoms with E-state index in [1.54, 1.807) is 0 Å². The van der Waals surface area contributed by atoms with E-state index in [2.05, 4.69) is 90.5 Å². The van der Waals surface area contributed by atoms with Gasteiger partial charge >= 0.3 is 0 Å². The molecule has 0 bridgehead atoms. The number of nitrogens with zero attached hydrogens (tertiary/aromatic N) is 1. The van der Waals surface area contributed by atoms with Gasteiger partial charge in [-0.2, -0.15) is 0 Å². The average Bonchev–Trinajstić information content (AvgIpc) is 3.38. The van der Waals surface area contributed by atoms with Crippen molar-refractivity contribution in [1.82, 2.24) is 4.57 Å². The van der Waals surface area contributed by atoms with Crippen molar-refractivity contribution < 1.29 is 0 Å². The van der Waals surface area contributed by atoms with Crippen molar-refractivity contribution in [2.45, 2.75) is 12.8 Å². The second-order valence-electron chi connectivity index (χ2n) is 8.74. The maximum absolute atomic E-state index is 8.15. The van der Waals surface area contributed by atoms with Crippen LogP contribution in [0.4, 0.5) is 0 Å². The largest absolute Gasteiger partial charge is 0.384 e. The predicted molar refractivity (Wildman–Crippen MR) is 149 cm³/mol. The lowest BCUT2D eigenvalue weighted by Crippen LogP contribution is -2.12. The third-order valence-corrected chi connectivity index (χ3v) is 7.79. The first-order valence-corrected chi connectivity index (χ1v) is 12.4. The third kappa shape index (κ3) is 3.22. The van der Waals surface area contributed by atoms with Crippen LogP contribution < -0.4 is 5.73 Å². The zero-order valence-corrected chi connectivity index (χ0v) is 19.8. The van der Waals surface area contributed by atoms with E-state index < -0.39 is 0 Å². The van der Waals surface area contributed by atoms with E-state index in [1.807, 2.05) is 23.5 Å². The Morgan fingerprint density at radius 3 is 2.24 bits per heavy atom. The number of amidine groups is 1. The molecule has 6 aromatic rings. The molecule has 0 amide bonds. The van der Waals surface area contributed by atoms with Crippen molar-refractivity contribution >= 4 is 69.9 Å². The van der Waals surface area contributed by atoms with E-state index in [9.17, 15) is 0 Å². The number of nitrogens with two attached hydrogens (primary N) is 1. The van der Waals surface area contributed by atoms with Gasteiger partial charge in [-0.05, 0) is 47.9 Å². The van der Waals surface area contributed by atoms with Crippen LogP contribution in [0.25, 0.3) is 52.8 Å². The molecule has 166 valence electrons. The van der Waals surface area contributed by atoms with Gasteiger partial charge in [0, 0.05) is 43.6 Å². The number of aromatic nitrogens is 1. The Kier molecular flexibility index (Phi) is 4.96. The lowest BCUT2D eigenvalue weighted by atomic mass is 9.99. The van der Waals surface area contributed by atoms with E-state index in [4.69, 9.17) is 11.1 Å². The molecule has 34 heavy (non-hydrogen) atoms. The van der Waals surface area contributed by atoms with Crippen molar-refractivity contribution in [2.24, 2.45) is 12.8 Å². The molecule has 1 aliphatic carbocycles. The molecule has 0 radical (unpaired) electrons. The maximum Gasteiger partial charge on any atom is 0.124 e. The number of thiophene rings is 1. The molecule has 2 heterocycles. The van der Waals surface area contributed by atoms with Crippen LogP contribution in [-0.4, -0.2) is 10.4 Å². The minimum Gasteiger partial charge on any atom is -0.384 e. The molecule has 1 aliphatic rings. The zero-order chi connectivity index (χ0) is 23.2. The molecule has 0 atom stereocenters. The fourth-order valence-electron chi connectivity index (χ4n) is 5.06. The predicted octanol–water partition coefficient (Wildman–Crippen LogP) is 8.03. The topological polar surface area (TPSA) is 54.8 Å². The second kappa shape index (κ2) is 8.15. The number of nitrogens with one attached hydrogen (secondary N) is 1. The summed E-state index contributed by atoms with van der Waals surface area (Å²) in [5.41, 5.74) is 8.98. The highest BCUT2D eigenvalue weighted by atomic mass is 32.1. The van der Waals surface area contributed by atoms with Crippen LogP contribution in [0.1, 0.15) is 18.4 Å². The number of fused-ring (bicyclic) bond motifs is 8. The minimum atomic E-state index is 0.105. The Hall–Kier alpha value is -3.89. The van der Waals surface area contributed by atoms with Gasteiger partial charge in [0.25, 0.3) is 0 Å². The third-order valence-electron chi connectivity index (χ3n) is 6.66. The summed E-state index contributed by atoms with van der Waals surface area (Å²) in [5.74, 6) is 0.105. The first-order chi connectivity index (χ1) is 16.6. The summed E-state index contributed by atoms with van der Waals surface area (Å²) in [6.45, 7) is 0. The van der Waals surface area contributed by atoms with Gasteiger partial charge in [0.05, 0.1) is 11.0 Å². The molecule has 4 heteroatoms. The van der Waals surface area contributed by atoms with Crippen LogP contribution in [0.15, 0.2) is 91.0 Å². The van der Waals surface area contributed by atoms with Crippen LogP contribution in [0.3, 0.4) is 0 Å². The Morgan fingerprint density at radius 2 is 1.53 bits per heavy atom. The molecule has 0 saturated heterocycles. The summed E-state index contributed by atoms with van der Waals surface area (Å²) in [4.78, 5) is 0. The van der Waals surface area contributed by atoms with Gasteiger partial charge < -0.3 is 10.3 Å². The first-order valence-electron chi connectivity index (χ1n) is 11.5.